The summed E-state index contributed by atoms with van der Waals surface area (Å²) in [6, 6.07) is 1.48. The largest absolute Gasteiger partial charge is 0.388 e. The van der Waals surface area contributed by atoms with Crippen LogP contribution in [0.4, 0.5) is 0 Å². The molecule has 0 unspecified atom stereocenters. The van der Waals surface area contributed by atoms with Crippen LogP contribution in [0.25, 0.3) is 0 Å². The second-order valence-electron chi connectivity index (χ2n) is 5.56. The number of carbonyl (C=O) groups is 2. The van der Waals surface area contributed by atoms with Gasteiger partial charge in [-0.25, -0.2) is 0 Å². The van der Waals surface area contributed by atoms with Crippen molar-refractivity contribution in [2.24, 2.45) is 5.92 Å². The first-order chi connectivity index (χ1) is 10.0. The van der Waals surface area contributed by atoms with Gasteiger partial charge in [0.05, 0.1) is 6.04 Å². The van der Waals surface area contributed by atoms with Gasteiger partial charge in [-0.1, -0.05) is 24.4 Å². The molecule has 0 radical (unpaired) electrons. The molecule has 2 N–H and O–H groups in total. The van der Waals surface area contributed by atoms with E-state index in [9.17, 15) is 9.59 Å². The van der Waals surface area contributed by atoms with Crippen LogP contribution in [-0.2, 0) is 4.79 Å². The minimum atomic E-state index is -0.557. The van der Waals surface area contributed by atoms with Crippen molar-refractivity contribution < 1.29 is 14.7 Å². The summed E-state index contributed by atoms with van der Waals surface area (Å²) in [4.78, 5) is 24.4. The van der Waals surface area contributed by atoms with E-state index in [2.05, 4.69) is 5.32 Å². The van der Waals surface area contributed by atoms with Crippen LogP contribution >= 0.6 is 22.9 Å². The summed E-state index contributed by atoms with van der Waals surface area (Å²) in [7, 11) is 0. The summed E-state index contributed by atoms with van der Waals surface area (Å²) in [6.07, 6.45) is 5.30. The van der Waals surface area contributed by atoms with E-state index >= 15 is 0 Å². The molecule has 1 aromatic heterocycles. The molecular weight excluding hydrogens is 310 g/mol. The standard InChI is InChI=1S/C15H20ClNO3S/c1-9(17-14(20)6-10-4-2-3-5-10)13-7-11(12(19)8-18)15(16)21-13/h7,9-10,18H,2-6,8H2,1H3,(H,17,20)/t9-/m0/s1. The average molecular weight is 330 g/mol. The molecule has 2 rings (SSSR count). The van der Waals surface area contributed by atoms with Crippen LogP contribution in [0, 0.1) is 5.92 Å². The minimum absolute atomic E-state index is 0.0500. The van der Waals surface area contributed by atoms with E-state index in [0.717, 1.165) is 17.7 Å². The first kappa shape index (κ1) is 16.5. The normalized spacial score (nSPS) is 16.9. The topological polar surface area (TPSA) is 66.4 Å². The van der Waals surface area contributed by atoms with E-state index in [1.165, 1.54) is 24.2 Å². The van der Waals surface area contributed by atoms with Gasteiger partial charge in [0.25, 0.3) is 0 Å². The third-order valence-electron chi connectivity index (χ3n) is 3.90. The number of carbonyl (C=O) groups excluding carboxylic acids is 2. The minimum Gasteiger partial charge on any atom is -0.388 e. The molecule has 0 aliphatic heterocycles. The molecule has 116 valence electrons. The zero-order valence-electron chi connectivity index (χ0n) is 12.0. The van der Waals surface area contributed by atoms with Crippen LogP contribution < -0.4 is 5.32 Å². The molecule has 1 fully saturated rings. The predicted molar refractivity (Wildman–Crippen MR) is 83.9 cm³/mol. The number of aliphatic hydroxyl groups is 1. The maximum absolute atomic E-state index is 12.0. The lowest BCUT2D eigenvalue weighted by molar-refractivity contribution is -0.122. The maximum atomic E-state index is 12.0. The van der Waals surface area contributed by atoms with Crippen molar-refractivity contribution in [3.05, 3.63) is 20.8 Å². The SMILES string of the molecule is C[C@H](NC(=O)CC1CCCC1)c1cc(C(=O)CO)c(Cl)s1. The maximum Gasteiger partial charge on any atom is 0.220 e. The highest BCUT2D eigenvalue weighted by Gasteiger charge is 2.21. The van der Waals surface area contributed by atoms with Gasteiger partial charge in [-0.05, 0) is 31.7 Å². The lowest BCUT2D eigenvalue weighted by Crippen LogP contribution is -2.27. The van der Waals surface area contributed by atoms with Crippen LogP contribution in [0.5, 0.6) is 0 Å². The molecule has 0 spiro atoms. The second kappa shape index (κ2) is 7.38. The van der Waals surface area contributed by atoms with Gasteiger partial charge < -0.3 is 10.4 Å². The average Bonchev–Trinajstić information content (AvgIpc) is 3.07. The molecule has 1 aliphatic rings. The zero-order valence-corrected chi connectivity index (χ0v) is 13.6. The Bertz CT molecular complexity index is 523. The Morgan fingerprint density at radius 2 is 2.14 bits per heavy atom. The number of thiophene rings is 1. The first-order valence-electron chi connectivity index (χ1n) is 7.24. The fourth-order valence-electron chi connectivity index (χ4n) is 2.72. The van der Waals surface area contributed by atoms with Crippen molar-refractivity contribution in [2.75, 3.05) is 6.61 Å². The summed E-state index contributed by atoms with van der Waals surface area (Å²) in [6.45, 7) is 1.32. The molecule has 0 saturated heterocycles. The van der Waals surface area contributed by atoms with Crippen LogP contribution in [-0.4, -0.2) is 23.4 Å². The summed E-state index contributed by atoms with van der Waals surface area (Å²) >= 11 is 7.28. The summed E-state index contributed by atoms with van der Waals surface area (Å²) in [5, 5.41) is 11.9. The van der Waals surface area contributed by atoms with Crippen molar-refractivity contribution in [3.8, 4) is 0 Å². The lowest BCUT2D eigenvalue weighted by atomic mass is 10.0. The zero-order chi connectivity index (χ0) is 15.4. The molecule has 1 amide bonds. The van der Waals surface area contributed by atoms with Crippen molar-refractivity contribution in [3.63, 3.8) is 0 Å². The van der Waals surface area contributed by atoms with Crippen LogP contribution in [0.2, 0.25) is 4.34 Å². The Labute approximate surface area is 133 Å². The molecule has 1 heterocycles. The number of ketones is 1. The third-order valence-corrected chi connectivity index (χ3v) is 5.44. The number of amides is 1. The molecule has 1 saturated carbocycles. The summed E-state index contributed by atoms with van der Waals surface area (Å²) in [5.74, 6) is 0.164. The summed E-state index contributed by atoms with van der Waals surface area (Å²) in [5.41, 5.74) is 0.330. The number of nitrogens with one attached hydrogen (secondary N) is 1. The van der Waals surface area contributed by atoms with Gasteiger partial charge in [0, 0.05) is 16.9 Å². The predicted octanol–water partition coefficient (Wildman–Crippen LogP) is 3.33. The molecule has 6 heteroatoms. The van der Waals surface area contributed by atoms with Gasteiger partial charge in [-0.15, -0.1) is 11.3 Å². The number of halogens is 1. The fourth-order valence-corrected chi connectivity index (χ4v) is 4.05. The monoisotopic (exact) mass is 329 g/mol. The van der Waals surface area contributed by atoms with E-state index < -0.39 is 12.4 Å². The smallest absolute Gasteiger partial charge is 0.220 e. The van der Waals surface area contributed by atoms with Gasteiger partial charge in [-0.3, -0.25) is 9.59 Å². The van der Waals surface area contributed by atoms with E-state index in [0.29, 0.717) is 22.2 Å². The van der Waals surface area contributed by atoms with E-state index in [4.69, 9.17) is 16.7 Å². The molecular formula is C15H20ClNO3S. The Balaban J connectivity index is 1.94. The third kappa shape index (κ3) is 4.28. The highest BCUT2D eigenvalue weighted by Crippen LogP contribution is 2.32. The van der Waals surface area contributed by atoms with Gasteiger partial charge in [0.2, 0.25) is 5.91 Å². The highest BCUT2D eigenvalue weighted by molar-refractivity contribution is 7.16. The molecule has 1 aliphatic carbocycles. The molecule has 4 nitrogen and oxygen atoms in total. The Morgan fingerprint density at radius 1 is 1.48 bits per heavy atom. The van der Waals surface area contributed by atoms with Crippen LogP contribution in [0.1, 0.15) is 60.3 Å². The molecule has 1 atom stereocenters. The highest BCUT2D eigenvalue weighted by atomic mass is 35.5. The van der Waals surface area contributed by atoms with Crippen LogP contribution in [0.15, 0.2) is 6.07 Å². The molecule has 0 bridgehead atoms. The Hall–Kier alpha value is -0.910. The van der Waals surface area contributed by atoms with E-state index in [1.807, 2.05) is 6.92 Å². The summed E-state index contributed by atoms with van der Waals surface area (Å²) < 4.78 is 0.362. The number of hydrogen-bond acceptors (Lipinski definition) is 4. The van der Waals surface area contributed by atoms with Gasteiger partial charge in [0.1, 0.15) is 10.9 Å². The quantitative estimate of drug-likeness (QED) is 0.787. The molecule has 21 heavy (non-hydrogen) atoms. The van der Waals surface area contributed by atoms with Gasteiger partial charge >= 0.3 is 0 Å². The lowest BCUT2D eigenvalue weighted by Gasteiger charge is -2.14. The Morgan fingerprint density at radius 3 is 2.76 bits per heavy atom. The van der Waals surface area contributed by atoms with Crippen LogP contribution in [0.3, 0.4) is 0 Å². The first-order valence-corrected chi connectivity index (χ1v) is 8.43. The van der Waals surface area contributed by atoms with E-state index in [-0.39, 0.29) is 11.9 Å². The fraction of sp³-hybridized carbons (Fsp3) is 0.600. The molecule has 0 aromatic carbocycles. The van der Waals surface area contributed by atoms with Gasteiger partial charge in [0.15, 0.2) is 5.78 Å². The van der Waals surface area contributed by atoms with Crippen molar-refractivity contribution in [1.29, 1.82) is 0 Å². The van der Waals surface area contributed by atoms with Crippen molar-refractivity contribution in [1.82, 2.24) is 5.32 Å². The van der Waals surface area contributed by atoms with Crippen molar-refractivity contribution in [2.45, 2.75) is 45.1 Å². The Kier molecular flexibility index (Phi) is 5.79. The number of rotatable bonds is 6. The van der Waals surface area contributed by atoms with E-state index in [1.54, 1.807) is 6.07 Å². The van der Waals surface area contributed by atoms with Crippen molar-refractivity contribution >= 4 is 34.6 Å². The number of Topliss-reactive ketones (excluding diaryl/α,β-unsaturated/α-hetero) is 1. The van der Waals surface area contributed by atoms with Gasteiger partial charge in [-0.2, -0.15) is 0 Å². The number of hydrogen-bond donors (Lipinski definition) is 2. The number of aliphatic hydroxyl groups excluding tert-OH is 1. The second-order valence-corrected chi connectivity index (χ2v) is 7.25. The molecule has 1 aromatic rings.